The number of nitriles is 1. The molecule has 0 bridgehead atoms. The SMILES string of the molecule is Cc1cc(-c2cc(F)ccc2C#N)nc2c(C(=O)NC(C)C3CC3)cnn12. The van der Waals surface area contributed by atoms with Crippen molar-refractivity contribution >= 4 is 11.6 Å². The number of rotatable bonds is 4. The van der Waals surface area contributed by atoms with Crippen LogP contribution in [0.4, 0.5) is 4.39 Å². The Hall–Kier alpha value is -3.27. The molecule has 1 aliphatic rings. The molecule has 27 heavy (non-hydrogen) atoms. The molecule has 1 unspecified atom stereocenters. The summed E-state index contributed by atoms with van der Waals surface area (Å²) in [6.45, 7) is 3.82. The lowest BCUT2D eigenvalue weighted by molar-refractivity contribution is 0.0937. The van der Waals surface area contributed by atoms with E-state index in [2.05, 4.69) is 21.5 Å². The van der Waals surface area contributed by atoms with Gasteiger partial charge in [-0.25, -0.2) is 13.9 Å². The van der Waals surface area contributed by atoms with Gasteiger partial charge in [0.1, 0.15) is 11.4 Å². The highest BCUT2D eigenvalue weighted by molar-refractivity contribution is 6.00. The Balaban J connectivity index is 1.80. The zero-order valence-electron chi connectivity index (χ0n) is 15.0. The normalized spacial score (nSPS) is 14.7. The molecular formula is C20H18FN5O. The van der Waals surface area contributed by atoms with E-state index >= 15 is 0 Å². The summed E-state index contributed by atoms with van der Waals surface area (Å²) in [6.07, 6.45) is 3.76. The minimum atomic E-state index is -0.451. The van der Waals surface area contributed by atoms with Crippen LogP contribution in [0.2, 0.25) is 0 Å². The van der Waals surface area contributed by atoms with Crippen molar-refractivity contribution in [1.29, 1.82) is 5.26 Å². The van der Waals surface area contributed by atoms with E-state index in [4.69, 9.17) is 0 Å². The van der Waals surface area contributed by atoms with Crippen LogP contribution in [0.3, 0.4) is 0 Å². The number of hydrogen-bond donors (Lipinski definition) is 1. The maximum absolute atomic E-state index is 13.7. The number of carbonyl (C=O) groups excluding carboxylic acids is 1. The van der Waals surface area contributed by atoms with Crippen LogP contribution < -0.4 is 5.32 Å². The smallest absolute Gasteiger partial charge is 0.256 e. The monoisotopic (exact) mass is 363 g/mol. The second kappa shape index (κ2) is 6.47. The van der Waals surface area contributed by atoms with Gasteiger partial charge in [0.05, 0.1) is 23.5 Å². The first kappa shape index (κ1) is 17.2. The summed E-state index contributed by atoms with van der Waals surface area (Å²) in [5.74, 6) is -0.146. The number of fused-ring (bicyclic) bond motifs is 1. The third kappa shape index (κ3) is 3.14. The predicted molar refractivity (Wildman–Crippen MR) is 97.5 cm³/mol. The summed E-state index contributed by atoms with van der Waals surface area (Å²) >= 11 is 0. The summed E-state index contributed by atoms with van der Waals surface area (Å²) in [5.41, 5.74) is 2.63. The maximum Gasteiger partial charge on any atom is 0.256 e. The van der Waals surface area contributed by atoms with Crippen LogP contribution >= 0.6 is 0 Å². The molecule has 136 valence electrons. The quantitative estimate of drug-likeness (QED) is 0.771. The minimum Gasteiger partial charge on any atom is -0.349 e. The third-order valence-corrected chi connectivity index (χ3v) is 4.96. The number of benzene rings is 1. The molecule has 7 heteroatoms. The maximum atomic E-state index is 13.7. The number of aromatic nitrogens is 3. The zero-order chi connectivity index (χ0) is 19.1. The molecule has 4 rings (SSSR count). The van der Waals surface area contributed by atoms with Crippen LogP contribution in [-0.4, -0.2) is 26.5 Å². The molecule has 0 radical (unpaired) electrons. The average molecular weight is 363 g/mol. The minimum absolute atomic E-state index is 0.102. The second-order valence-corrected chi connectivity index (χ2v) is 6.98. The van der Waals surface area contributed by atoms with Crippen molar-refractivity contribution in [2.45, 2.75) is 32.7 Å². The van der Waals surface area contributed by atoms with Gasteiger partial charge in [-0.2, -0.15) is 10.4 Å². The van der Waals surface area contributed by atoms with Gasteiger partial charge in [-0.05, 0) is 56.9 Å². The molecule has 0 aliphatic heterocycles. The standard InChI is InChI=1S/C20H18FN5O/c1-11-7-18(16-8-15(21)6-5-14(16)9-22)25-19-17(10-23-26(11)19)20(27)24-12(2)13-3-4-13/h5-8,10,12-13H,3-4H2,1-2H3,(H,24,27). The van der Waals surface area contributed by atoms with E-state index in [0.29, 0.717) is 33.9 Å². The highest BCUT2D eigenvalue weighted by Gasteiger charge is 2.30. The molecule has 1 N–H and O–H groups in total. The number of carbonyl (C=O) groups is 1. The number of hydrogen-bond acceptors (Lipinski definition) is 4. The van der Waals surface area contributed by atoms with E-state index in [-0.39, 0.29) is 11.9 Å². The van der Waals surface area contributed by atoms with Crippen LogP contribution in [0.25, 0.3) is 16.9 Å². The van der Waals surface area contributed by atoms with E-state index in [9.17, 15) is 14.4 Å². The van der Waals surface area contributed by atoms with Crippen LogP contribution in [-0.2, 0) is 0 Å². The van der Waals surface area contributed by atoms with Gasteiger partial charge >= 0.3 is 0 Å². The van der Waals surface area contributed by atoms with Gasteiger partial charge in [0.15, 0.2) is 5.65 Å². The Bertz CT molecular complexity index is 1090. The summed E-state index contributed by atoms with van der Waals surface area (Å²) in [5, 5.41) is 16.6. The Morgan fingerprint density at radius 3 is 2.89 bits per heavy atom. The van der Waals surface area contributed by atoms with E-state index in [1.54, 1.807) is 10.6 Å². The predicted octanol–water partition coefficient (Wildman–Crippen LogP) is 3.24. The van der Waals surface area contributed by atoms with Crippen LogP contribution in [0.15, 0.2) is 30.5 Å². The molecule has 1 amide bonds. The van der Waals surface area contributed by atoms with Gasteiger partial charge in [0.2, 0.25) is 0 Å². The lowest BCUT2D eigenvalue weighted by Crippen LogP contribution is -2.34. The molecule has 2 heterocycles. The molecule has 1 fully saturated rings. The first-order chi connectivity index (χ1) is 13.0. The van der Waals surface area contributed by atoms with Crippen molar-refractivity contribution in [2.24, 2.45) is 5.92 Å². The van der Waals surface area contributed by atoms with E-state index < -0.39 is 5.82 Å². The summed E-state index contributed by atoms with van der Waals surface area (Å²) < 4.78 is 15.3. The van der Waals surface area contributed by atoms with Gasteiger partial charge in [0, 0.05) is 17.3 Å². The van der Waals surface area contributed by atoms with E-state index in [0.717, 1.165) is 18.5 Å². The van der Waals surface area contributed by atoms with E-state index in [1.165, 1.54) is 24.4 Å². The highest BCUT2D eigenvalue weighted by atomic mass is 19.1. The number of amides is 1. The molecular weight excluding hydrogens is 345 g/mol. The van der Waals surface area contributed by atoms with Crippen LogP contribution in [0.1, 0.15) is 41.4 Å². The first-order valence-electron chi connectivity index (χ1n) is 8.84. The molecule has 6 nitrogen and oxygen atoms in total. The summed E-state index contributed by atoms with van der Waals surface area (Å²) in [6, 6.07) is 7.83. The van der Waals surface area contributed by atoms with Gasteiger partial charge in [-0.3, -0.25) is 4.79 Å². The Kier molecular flexibility index (Phi) is 4.11. The van der Waals surface area contributed by atoms with Crippen LogP contribution in [0.5, 0.6) is 0 Å². The molecule has 0 spiro atoms. The van der Waals surface area contributed by atoms with Crippen molar-refractivity contribution in [3.8, 4) is 17.3 Å². The van der Waals surface area contributed by atoms with Crippen LogP contribution in [0, 0.1) is 30.0 Å². The van der Waals surface area contributed by atoms with E-state index in [1.807, 2.05) is 13.8 Å². The molecule has 1 aliphatic carbocycles. The van der Waals surface area contributed by atoms with Crippen molar-refractivity contribution < 1.29 is 9.18 Å². The summed E-state index contributed by atoms with van der Waals surface area (Å²) in [7, 11) is 0. The Labute approximate surface area is 155 Å². The van der Waals surface area contributed by atoms with Gasteiger partial charge in [-0.1, -0.05) is 0 Å². The fraction of sp³-hybridized carbons (Fsp3) is 0.300. The van der Waals surface area contributed by atoms with Gasteiger partial charge < -0.3 is 5.32 Å². The number of aryl methyl sites for hydroxylation is 1. The third-order valence-electron chi connectivity index (χ3n) is 4.96. The van der Waals surface area contributed by atoms with Crippen molar-refractivity contribution in [3.05, 3.63) is 53.1 Å². The average Bonchev–Trinajstić information content (AvgIpc) is 3.41. The molecule has 1 aromatic carbocycles. The summed E-state index contributed by atoms with van der Waals surface area (Å²) in [4.78, 5) is 17.2. The van der Waals surface area contributed by atoms with Crippen molar-refractivity contribution in [3.63, 3.8) is 0 Å². The lowest BCUT2D eigenvalue weighted by Gasteiger charge is -2.12. The largest absolute Gasteiger partial charge is 0.349 e. The molecule has 1 saturated carbocycles. The Morgan fingerprint density at radius 2 is 2.19 bits per heavy atom. The fourth-order valence-electron chi connectivity index (χ4n) is 3.24. The molecule has 1 atom stereocenters. The van der Waals surface area contributed by atoms with Gasteiger partial charge in [-0.15, -0.1) is 0 Å². The highest BCUT2D eigenvalue weighted by Crippen LogP contribution is 2.32. The number of nitrogens with zero attached hydrogens (tertiary/aromatic N) is 4. The molecule has 3 aromatic rings. The molecule has 2 aromatic heterocycles. The molecule has 0 saturated heterocycles. The van der Waals surface area contributed by atoms with Crippen molar-refractivity contribution in [2.75, 3.05) is 0 Å². The van der Waals surface area contributed by atoms with Crippen molar-refractivity contribution in [1.82, 2.24) is 19.9 Å². The van der Waals surface area contributed by atoms with Gasteiger partial charge in [0.25, 0.3) is 5.91 Å². The fourth-order valence-corrected chi connectivity index (χ4v) is 3.24. The topological polar surface area (TPSA) is 83.1 Å². The zero-order valence-corrected chi connectivity index (χ0v) is 15.0. The Morgan fingerprint density at radius 1 is 1.41 bits per heavy atom. The number of nitrogens with one attached hydrogen (secondary N) is 1. The lowest BCUT2D eigenvalue weighted by atomic mass is 10.0. The first-order valence-corrected chi connectivity index (χ1v) is 8.84. The number of halogens is 1. The second-order valence-electron chi connectivity index (χ2n) is 6.98.